The molecule has 1 heterocycles. The lowest BCUT2D eigenvalue weighted by Gasteiger charge is -2.31. The van der Waals surface area contributed by atoms with Crippen LogP contribution in [0.1, 0.15) is 26.7 Å². The number of carbonyl (C=O) groups is 2. The molecule has 2 N–H and O–H groups in total. The van der Waals surface area contributed by atoms with Crippen molar-refractivity contribution in [3.05, 3.63) is 0 Å². The molecule has 0 bridgehead atoms. The lowest BCUT2D eigenvalue weighted by molar-refractivity contribution is -0.137. The topological polar surface area (TPSA) is 81.1 Å². The summed E-state index contributed by atoms with van der Waals surface area (Å²) in [5.74, 6) is -0.619. The molecule has 1 aliphatic rings. The number of nitrogens with zero attached hydrogens (tertiary/aromatic N) is 2. The molecule has 1 fully saturated rings. The highest BCUT2D eigenvalue weighted by Gasteiger charge is 2.35. The molecule has 1 rings (SSSR count). The van der Waals surface area contributed by atoms with Crippen LogP contribution in [0.25, 0.3) is 0 Å². The summed E-state index contributed by atoms with van der Waals surface area (Å²) in [4.78, 5) is 26.0. The van der Waals surface area contributed by atoms with E-state index in [0.29, 0.717) is 13.1 Å². The second-order valence-electron chi connectivity index (χ2n) is 4.72. The first kappa shape index (κ1) is 14.8. The van der Waals surface area contributed by atoms with Crippen LogP contribution < -0.4 is 0 Å². The maximum absolute atomic E-state index is 12.3. The lowest BCUT2D eigenvalue weighted by atomic mass is 10.0. The zero-order valence-electron chi connectivity index (χ0n) is 11.0. The van der Waals surface area contributed by atoms with Gasteiger partial charge in [0.15, 0.2) is 0 Å². The Morgan fingerprint density at radius 1 is 1.44 bits per heavy atom. The summed E-state index contributed by atoms with van der Waals surface area (Å²) in [5.41, 5.74) is 0. The number of aliphatic hydroxyl groups is 1. The number of hydrogen-bond donors (Lipinski definition) is 2. The monoisotopic (exact) mass is 258 g/mol. The van der Waals surface area contributed by atoms with Crippen LogP contribution in [0.2, 0.25) is 0 Å². The van der Waals surface area contributed by atoms with Gasteiger partial charge in [-0.15, -0.1) is 0 Å². The highest BCUT2D eigenvalue weighted by Crippen LogP contribution is 2.24. The van der Waals surface area contributed by atoms with E-state index >= 15 is 0 Å². The summed E-state index contributed by atoms with van der Waals surface area (Å²) >= 11 is 0. The van der Waals surface area contributed by atoms with E-state index in [1.165, 1.54) is 4.90 Å². The van der Waals surface area contributed by atoms with E-state index in [9.17, 15) is 14.7 Å². The van der Waals surface area contributed by atoms with Gasteiger partial charge in [0, 0.05) is 19.6 Å². The second kappa shape index (κ2) is 6.58. The first-order valence-electron chi connectivity index (χ1n) is 6.39. The van der Waals surface area contributed by atoms with E-state index in [-0.39, 0.29) is 37.6 Å². The van der Waals surface area contributed by atoms with Crippen LogP contribution in [0.4, 0.5) is 4.79 Å². The molecule has 18 heavy (non-hydrogen) atoms. The fraction of sp³-hybridized carbons (Fsp3) is 0.833. The number of likely N-dealkylation sites (tertiary alicyclic amines) is 1. The number of rotatable bonds is 5. The summed E-state index contributed by atoms with van der Waals surface area (Å²) < 4.78 is 0. The molecule has 2 unspecified atom stereocenters. The molecule has 0 aliphatic carbocycles. The van der Waals surface area contributed by atoms with Crippen LogP contribution in [0.3, 0.4) is 0 Å². The smallest absolute Gasteiger partial charge is 0.320 e. The Hall–Kier alpha value is -1.30. The molecule has 1 aliphatic heterocycles. The Morgan fingerprint density at radius 2 is 2.11 bits per heavy atom. The van der Waals surface area contributed by atoms with Crippen molar-refractivity contribution < 1.29 is 19.8 Å². The Kier molecular flexibility index (Phi) is 5.40. The fourth-order valence-electron chi connectivity index (χ4n) is 2.33. The molecule has 1 saturated heterocycles. The number of hydrogen-bond acceptors (Lipinski definition) is 3. The molecular formula is C12H22N2O4. The number of aliphatic carboxylic acids is 1. The van der Waals surface area contributed by atoms with Gasteiger partial charge in [-0.2, -0.15) is 0 Å². The Morgan fingerprint density at radius 3 is 2.61 bits per heavy atom. The predicted molar refractivity (Wildman–Crippen MR) is 66.3 cm³/mol. The van der Waals surface area contributed by atoms with Crippen LogP contribution in [0, 0.1) is 5.92 Å². The van der Waals surface area contributed by atoms with Gasteiger partial charge in [-0.05, 0) is 19.3 Å². The van der Waals surface area contributed by atoms with Gasteiger partial charge < -0.3 is 20.0 Å². The highest BCUT2D eigenvalue weighted by atomic mass is 16.4. The first-order chi connectivity index (χ1) is 8.51. The van der Waals surface area contributed by atoms with Crippen molar-refractivity contribution in [3.63, 3.8) is 0 Å². The highest BCUT2D eigenvalue weighted by molar-refractivity contribution is 5.76. The maximum Gasteiger partial charge on any atom is 0.320 e. The third-order valence-electron chi connectivity index (χ3n) is 3.56. The maximum atomic E-state index is 12.3. The summed E-state index contributed by atoms with van der Waals surface area (Å²) in [6.45, 7) is 5.13. The number of aliphatic hydroxyl groups excluding tert-OH is 1. The molecule has 2 atom stereocenters. The third-order valence-corrected chi connectivity index (χ3v) is 3.56. The molecule has 0 spiro atoms. The van der Waals surface area contributed by atoms with Crippen molar-refractivity contribution in [1.29, 1.82) is 0 Å². The molecule has 0 aromatic heterocycles. The summed E-state index contributed by atoms with van der Waals surface area (Å²) in [5, 5.41) is 18.0. The number of carboxylic acids is 1. The zero-order chi connectivity index (χ0) is 13.7. The van der Waals surface area contributed by atoms with Crippen molar-refractivity contribution in [2.45, 2.75) is 32.7 Å². The zero-order valence-corrected chi connectivity index (χ0v) is 11.0. The van der Waals surface area contributed by atoms with Gasteiger partial charge in [-0.25, -0.2) is 4.79 Å². The van der Waals surface area contributed by atoms with Crippen molar-refractivity contribution in [2.75, 3.05) is 26.2 Å². The minimum absolute atomic E-state index is 0.0383. The summed E-state index contributed by atoms with van der Waals surface area (Å²) in [6.07, 6.45) is 0.834. The van der Waals surface area contributed by atoms with Gasteiger partial charge in [0.25, 0.3) is 0 Å². The van der Waals surface area contributed by atoms with Crippen molar-refractivity contribution in [3.8, 4) is 0 Å². The normalized spacial score (nSPS) is 23.2. The van der Waals surface area contributed by atoms with Crippen molar-refractivity contribution >= 4 is 12.0 Å². The summed E-state index contributed by atoms with van der Waals surface area (Å²) in [6, 6.07) is -0.307. The first-order valence-corrected chi connectivity index (χ1v) is 6.39. The molecule has 0 aromatic carbocycles. The molecule has 0 aromatic rings. The fourth-order valence-corrected chi connectivity index (χ4v) is 2.33. The molecule has 2 amide bonds. The number of carboxylic acid groups (broad SMARTS) is 1. The van der Waals surface area contributed by atoms with E-state index < -0.39 is 5.97 Å². The Balaban J connectivity index is 2.63. The second-order valence-corrected chi connectivity index (χ2v) is 4.72. The molecule has 6 nitrogen and oxygen atoms in total. The van der Waals surface area contributed by atoms with E-state index in [2.05, 4.69) is 0 Å². The number of carbonyl (C=O) groups excluding carboxylic acids is 1. The van der Waals surface area contributed by atoms with Gasteiger partial charge in [0.05, 0.1) is 19.1 Å². The van der Waals surface area contributed by atoms with Crippen LogP contribution in [0.5, 0.6) is 0 Å². The SMILES string of the molecule is CCN(CCC(=O)O)C(=O)N1CCC(C)C1CO. The minimum Gasteiger partial charge on any atom is -0.481 e. The van der Waals surface area contributed by atoms with Gasteiger partial charge >= 0.3 is 12.0 Å². The van der Waals surface area contributed by atoms with E-state index in [4.69, 9.17) is 5.11 Å². The van der Waals surface area contributed by atoms with Crippen LogP contribution in [-0.2, 0) is 4.79 Å². The number of urea groups is 1. The van der Waals surface area contributed by atoms with E-state index in [1.807, 2.05) is 13.8 Å². The van der Waals surface area contributed by atoms with Crippen molar-refractivity contribution in [1.82, 2.24) is 9.80 Å². The van der Waals surface area contributed by atoms with Gasteiger partial charge in [-0.1, -0.05) is 6.92 Å². The van der Waals surface area contributed by atoms with Gasteiger partial charge in [0.1, 0.15) is 0 Å². The average molecular weight is 258 g/mol. The van der Waals surface area contributed by atoms with E-state index in [1.54, 1.807) is 4.90 Å². The molecule has 104 valence electrons. The van der Waals surface area contributed by atoms with Crippen LogP contribution in [-0.4, -0.2) is 64.3 Å². The average Bonchev–Trinajstić information content (AvgIpc) is 2.70. The third kappa shape index (κ3) is 3.35. The van der Waals surface area contributed by atoms with Crippen LogP contribution >= 0.6 is 0 Å². The quantitative estimate of drug-likeness (QED) is 0.757. The molecule has 0 radical (unpaired) electrons. The van der Waals surface area contributed by atoms with Crippen LogP contribution in [0.15, 0.2) is 0 Å². The molecule has 6 heteroatoms. The summed E-state index contributed by atoms with van der Waals surface area (Å²) in [7, 11) is 0. The Bertz CT molecular complexity index is 308. The largest absolute Gasteiger partial charge is 0.481 e. The molecular weight excluding hydrogens is 236 g/mol. The predicted octanol–water partition coefficient (Wildman–Crippen LogP) is 0.606. The van der Waals surface area contributed by atoms with Gasteiger partial charge in [-0.3, -0.25) is 4.79 Å². The van der Waals surface area contributed by atoms with Crippen molar-refractivity contribution in [2.24, 2.45) is 5.92 Å². The number of amides is 2. The lowest BCUT2D eigenvalue weighted by Crippen LogP contribution is -2.48. The Labute approximate surface area is 107 Å². The minimum atomic E-state index is -0.908. The molecule has 0 saturated carbocycles. The van der Waals surface area contributed by atoms with Gasteiger partial charge in [0.2, 0.25) is 0 Å². The van der Waals surface area contributed by atoms with E-state index in [0.717, 1.165) is 6.42 Å². The standard InChI is InChI=1S/C12H22N2O4/c1-3-13(6-5-11(16)17)12(18)14-7-4-9(2)10(14)8-15/h9-10,15H,3-8H2,1-2H3,(H,16,17).